The Kier molecular flexibility index (Phi) is 4.93. The van der Waals surface area contributed by atoms with E-state index in [1.807, 2.05) is 35.9 Å². The molecule has 1 heterocycles. The van der Waals surface area contributed by atoms with Gasteiger partial charge in [0.05, 0.1) is 0 Å². The van der Waals surface area contributed by atoms with Crippen LogP contribution in [0, 0.1) is 6.92 Å². The van der Waals surface area contributed by atoms with E-state index < -0.39 is 8.07 Å². The molecule has 5 nitrogen and oxygen atoms in total. The molecule has 0 fully saturated rings. The first-order chi connectivity index (χ1) is 10.3. The number of benzene rings is 1. The second kappa shape index (κ2) is 6.54. The van der Waals surface area contributed by atoms with Crippen LogP contribution in [0.15, 0.2) is 24.3 Å². The normalized spacial score (nSPS) is 11.8. The summed E-state index contributed by atoms with van der Waals surface area (Å²) in [4.78, 5) is 0. The zero-order chi connectivity index (χ0) is 16.3. The Labute approximate surface area is 133 Å². The van der Waals surface area contributed by atoms with Crippen molar-refractivity contribution in [1.82, 2.24) is 9.78 Å². The molecule has 0 saturated carbocycles. The average molecular weight is 318 g/mol. The molecule has 6 heteroatoms. The van der Waals surface area contributed by atoms with Crippen LogP contribution in [-0.4, -0.2) is 24.5 Å². The van der Waals surface area contributed by atoms with Crippen molar-refractivity contribution in [2.75, 3.05) is 18.1 Å². The predicted octanol–water partition coefficient (Wildman–Crippen LogP) is 3.34. The maximum Gasteiger partial charge on any atom is 0.153 e. The Bertz CT molecular complexity index is 629. The van der Waals surface area contributed by atoms with Crippen LogP contribution in [0.5, 0.6) is 0 Å². The molecule has 0 saturated heterocycles. The van der Waals surface area contributed by atoms with Gasteiger partial charge in [-0.3, -0.25) is 0 Å². The zero-order valence-corrected chi connectivity index (χ0v) is 14.9. The summed E-state index contributed by atoms with van der Waals surface area (Å²) in [6, 6.07) is 8.82. The fourth-order valence-corrected chi connectivity index (χ4v) is 2.99. The molecule has 2 rings (SSSR count). The van der Waals surface area contributed by atoms with Crippen molar-refractivity contribution in [3.05, 3.63) is 30.0 Å². The maximum atomic E-state index is 6.07. The summed E-state index contributed by atoms with van der Waals surface area (Å²) in [5, 5.41) is 4.39. The SMILES string of the molecule is Cc1c(-c2ccc(N)cc2)c(N)nn1COCC[Si](C)(C)C. The third-order valence-electron chi connectivity index (χ3n) is 3.64. The second-order valence-corrected chi connectivity index (χ2v) is 12.4. The molecule has 0 aliphatic heterocycles. The first kappa shape index (κ1) is 16.6. The second-order valence-electron chi connectivity index (χ2n) is 6.82. The number of ether oxygens (including phenoxy) is 1. The van der Waals surface area contributed by atoms with Crippen molar-refractivity contribution in [3.8, 4) is 11.1 Å². The molecule has 1 aromatic carbocycles. The van der Waals surface area contributed by atoms with Crippen LogP contribution in [0.2, 0.25) is 25.7 Å². The number of anilines is 2. The summed E-state index contributed by atoms with van der Waals surface area (Å²) in [5.74, 6) is 0.524. The number of nitrogen functional groups attached to an aromatic ring is 2. The van der Waals surface area contributed by atoms with Gasteiger partial charge in [-0.2, -0.15) is 5.10 Å². The van der Waals surface area contributed by atoms with Crippen LogP contribution in [0.25, 0.3) is 11.1 Å². The summed E-state index contributed by atoms with van der Waals surface area (Å²) in [6.45, 7) is 10.2. The summed E-state index contributed by atoms with van der Waals surface area (Å²) in [5.41, 5.74) is 15.5. The lowest BCUT2D eigenvalue weighted by molar-refractivity contribution is 0.0774. The summed E-state index contributed by atoms with van der Waals surface area (Å²) in [6.07, 6.45) is 0. The fourth-order valence-electron chi connectivity index (χ4n) is 2.23. The lowest BCUT2D eigenvalue weighted by Crippen LogP contribution is -2.22. The molecule has 0 bridgehead atoms. The number of hydrogen-bond donors (Lipinski definition) is 2. The molecule has 0 unspecified atom stereocenters. The summed E-state index contributed by atoms with van der Waals surface area (Å²) < 4.78 is 7.58. The van der Waals surface area contributed by atoms with Gasteiger partial charge in [-0.15, -0.1) is 0 Å². The first-order valence-electron chi connectivity index (χ1n) is 7.54. The molecular formula is C16H26N4OSi. The highest BCUT2D eigenvalue weighted by atomic mass is 28.3. The minimum Gasteiger partial charge on any atom is -0.399 e. The van der Waals surface area contributed by atoms with Gasteiger partial charge in [0.25, 0.3) is 0 Å². The molecule has 22 heavy (non-hydrogen) atoms. The average Bonchev–Trinajstić information content (AvgIpc) is 2.70. The first-order valence-corrected chi connectivity index (χ1v) is 11.3. The van der Waals surface area contributed by atoms with Gasteiger partial charge in [-0.25, -0.2) is 4.68 Å². The molecule has 4 N–H and O–H groups in total. The van der Waals surface area contributed by atoms with E-state index in [9.17, 15) is 0 Å². The van der Waals surface area contributed by atoms with Crippen molar-refractivity contribution in [3.63, 3.8) is 0 Å². The van der Waals surface area contributed by atoms with Gasteiger partial charge in [-0.05, 0) is 30.7 Å². The van der Waals surface area contributed by atoms with Crippen LogP contribution in [-0.2, 0) is 11.5 Å². The maximum absolute atomic E-state index is 6.07. The van der Waals surface area contributed by atoms with Gasteiger partial charge >= 0.3 is 0 Å². The smallest absolute Gasteiger partial charge is 0.153 e. The highest BCUT2D eigenvalue weighted by Crippen LogP contribution is 2.29. The molecule has 2 aromatic rings. The number of nitrogens with two attached hydrogens (primary N) is 2. The highest BCUT2D eigenvalue weighted by Gasteiger charge is 2.15. The quantitative estimate of drug-likeness (QED) is 0.486. The molecule has 0 aliphatic carbocycles. The largest absolute Gasteiger partial charge is 0.399 e. The number of hydrogen-bond acceptors (Lipinski definition) is 4. The molecule has 0 radical (unpaired) electrons. The van der Waals surface area contributed by atoms with Crippen LogP contribution < -0.4 is 11.5 Å². The molecule has 1 aromatic heterocycles. The Balaban J connectivity index is 2.09. The van der Waals surface area contributed by atoms with Crippen LogP contribution in [0.3, 0.4) is 0 Å². The van der Waals surface area contributed by atoms with Gasteiger partial charge in [0.2, 0.25) is 0 Å². The van der Waals surface area contributed by atoms with Crippen molar-refractivity contribution in [1.29, 1.82) is 0 Å². The predicted molar refractivity (Wildman–Crippen MR) is 95.3 cm³/mol. The van der Waals surface area contributed by atoms with Gasteiger partial charge in [0.1, 0.15) is 6.73 Å². The van der Waals surface area contributed by atoms with Gasteiger partial charge in [-0.1, -0.05) is 31.8 Å². The lowest BCUT2D eigenvalue weighted by atomic mass is 10.1. The summed E-state index contributed by atoms with van der Waals surface area (Å²) in [7, 11) is -1.06. The number of rotatable bonds is 6. The fraction of sp³-hybridized carbons (Fsp3) is 0.438. The third kappa shape index (κ3) is 4.11. The van der Waals surface area contributed by atoms with E-state index in [1.54, 1.807) is 0 Å². The van der Waals surface area contributed by atoms with Gasteiger partial charge in [0, 0.05) is 31.6 Å². The minimum atomic E-state index is -1.06. The topological polar surface area (TPSA) is 79.1 Å². The molecule has 0 aliphatic rings. The van der Waals surface area contributed by atoms with Crippen molar-refractivity contribution < 1.29 is 4.74 Å². The molecule has 0 amide bonds. The van der Waals surface area contributed by atoms with E-state index >= 15 is 0 Å². The van der Waals surface area contributed by atoms with E-state index in [1.165, 1.54) is 0 Å². The monoisotopic (exact) mass is 318 g/mol. The van der Waals surface area contributed by atoms with Crippen molar-refractivity contribution in [2.45, 2.75) is 39.3 Å². The Morgan fingerprint density at radius 2 is 1.77 bits per heavy atom. The lowest BCUT2D eigenvalue weighted by Gasteiger charge is -2.15. The molecular weight excluding hydrogens is 292 g/mol. The Hall–Kier alpha value is -1.79. The van der Waals surface area contributed by atoms with E-state index in [2.05, 4.69) is 24.7 Å². The van der Waals surface area contributed by atoms with Crippen molar-refractivity contribution in [2.24, 2.45) is 0 Å². The van der Waals surface area contributed by atoms with Gasteiger partial charge < -0.3 is 16.2 Å². The minimum absolute atomic E-state index is 0.440. The van der Waals surface area contributed by atoms with Crippen LogP contribution in [0.1, 0.15) is 5.69 Å². The standard InChI is InChI=1S/C16H26N4OSi/c1-12-15(13-5-7-14(17)8-6-13)16(18)19-20(12)11-21-9-10-22(2,3)4/h5-8H,9-11,17H2,1-4H3,(H2,18,19). The number of nitrogens with zero attached hydrogens (tertiary/aromatic N) is 2. The van der Waals surface area contributed by atoms with E-state index in [0.29, 0.717) is 12.5 Å². The Morgan fingerprint density at radius 3 is 2.36 bits per heavy atom. The van der Waals surface area contributed by atoms with E-state index in [4.69, 9.17) is 16.2 Å². The highest BCUT2D eigenvalue weighted by molar-refractivity contribution is 6.76. The van der Waals surface area contributed by atoms with Gasteiger partial charge in [0.15, 0.2) is 5.82 Å². The summed E-state index contributed by atoms with van der Waals surface area (Å²) >= 11 is 0. The van der Waals surface area contributed by atoms with Crippen LogP contribution in [0.4, 0.5) is 11.5 Å². The van der Waals surface area contributed by atoms with E-state index in [-0.39, 0.29) is 0 Å². The van der Waals surface area contributed by atoms with Crippen LogP contribution >= 0.6 is 0 Å². The zero-order valence-electron chi connectivity index (χ0n) is 13.9. The molecule has 120 valence electrons. The third-order valence-corrected chi connectivity index (χ3v) is 5.35. The number of aromatic nitrogens is 2. The van der Waals surface area contributed by atoms with Crippen molar-refractivity contribution >= 4 is 19.6 Å². The molecule has 0 spiro atoms. The van der Waals surface area contributed by atoms with E-state index in [0.717, 1.165) is 35.2 Å². The molecule has 0 atom stereocenters. The Morgan fingerprint density at radius 1 is 1.14 bits per heavy atom.